The van der Waals surface area contributed by atoms with Crippen molar-refractivity contribution in [2.75, 3.05) is 0 Å². The zero-order valence-electron chi connectivity index (χ0n) is 15.5. The summed E-state index contributed by atoms with van der Waals surface area (Å²) in [7, 11) is 0. The molecule has 0 saturated carbocycles. The number of rotatable bonds is 17. The molecule has 0 aromatic heterocycles. The van der Waals surface area contributed by atoms with Crippen LogP contribution in [0.3, 0.4) is 0 Å². The minimum atomic E-state index is -0.696. The molecule has 2 unspecified atom stereocenters. The first kappa shape index (κ1) is 23.1. The molecule has 0 aromatic carbocycles. The highest BCUT2D eigenvalue weighted by Crippen LogP contribution is 2.14. The van der Waals surface area contributed by atoms with E-state index >= 15 is 0 Å². The lowest BCUT2D eigenvalue weighted by Crippen LogP contribution is -2.12. The van der Waals surface area contributed by atoms with E-state index in [2.05, 4.69) is 13.0 Å². The van der Waals surface area contributed by atoms with Crippen molar-refractivity contribution >= 4 is 5.97 Å². The summed E-state index contributed by atoms with van der Waals surface area (Å²) < 4.78 is 0. The molecule has 2 atom stereocenters. The molecule has 4 heteroatoms. The summed E-state index contributed by atoms with van der Waals surface area (Å²) in [6.45, 7) is 2.08. The minimum absolute atomic E-state index is 0.286. The number of carboxylic acid groups (broad SMARTS) is 1. The quantitative estimate of drug-likeness (QED) is 0.261. The second kappa shape index (κ2) is 17.0. The number of unbranched alkanes of at least 4 members (excludes halogenated alkanes) is 7. The second-order valence-electron chi connectivity index (χ2n) is 6.76. The van der Waals surface area contributed by atoms with Gasteiger partial charge in [-0.2, -0.15) is 0 Å². The molecule has 0 fully saturated rings. The van der Waals surface area contributed by atoms with Gasteiger partial charge < -0.3 is 15.3 Å². The largest absolute Gasteiger partial charge is 0.481 e. The lowest BCUT2D eigenvalue weighted by Gasteiger charge is -2.13. The molecule has 0 aromatic rings. The number of aliphatic hydroxyl groups is 2. The number of hydrogen-bond donors (Lipinski definition) is 3. The van der Waals surface area contributed by atoms with Crippen LogP contribution >= 0.6 is 0 Å². The number of carboxylic acids is 1. The summed E-state index contributed by atoms with van der Waals surface area (Å²) in [6, 6.07) is 0. The van der Waals surface area contributed by atoms with Crippen molar-refractivity contribution in [2.24, 2.45) is 0 Å². The molecule has 0 aliphatic heterocycles. The number of allylic oxidation sites excluding steroid dienone is 1. The average Bonchev–Trinajstić information content (AvgIpc) is 2.54. The lowest BCUT2D eigenvalue weighted by atomic mass is 10.0. The fourth-order valence-corrected chi connectivity index (χ4v) is 2.78. The monoisotopic (exact) mass is 342 g/mol. The van der Waals surface area contributed by atoms with E-state index in [1.54, 1.807) is 0 Å². The van der Waals surface area contributed by atoms with Gasteiger partial charge in [-0.3, -0.25) is 4.79 Å². The first-order valence-electron chi connectivity index (χ1n) is 9.79. The highest BCUT2D eigenvalue weighted by Gasteiger charge is 2.08. The number of carbonyl (C=O) groups is 1. The van der Waals surface area contributed by atoms with Crippen molar-refractivity contribution in [1.29, 1.82) is 0 Å². The molecule has 0 amide bonds. The predicted molar refractivity (Wildman–Crippen MR) is 99.1 cm³/mol. The van der Waals surface area contributed by atoms with Gasteiger partial charge in [0.2, 0.25) is 0 Å². The first-order chi connectivity index (χ1) is 11.6. The summed E-state index contributed by atoms with van der Waals surface area (Å²) in [4.78, 5) is 10.4. The van der Waals surface area contributed by atoms with Crippen LogP contribution in [0.2, 0.25) is 0 Å². The maximum atomic E-state index is 10.4. The van der Waals surface area contributed by atoms with Crippen LogP contribution in [0.25, 0.3) is 0 Å². The predicted octanol–water partition coefficient (Wildman–Crippen LogP) is 4.83. The summed E-state index contributed by atoms with van der Waals surface area (Å²) in [5, 5.41) is 28.3. The van der Waals surface area contributed by atoms with Crippen LogP contribution in [-0.2, 0) is 4.79 Å². The van der Waals surface area contributed by atoms with Crippen LogP contribution in [0.15, 0.2) is 12.2 Å². The summed E-state index contributed by atoms with van der Waals surface area (Å²) in [6.07, 6.45) is 16.3. The molecule has 142 valence electrons. The molecule has 4 nitrogen and oxygen atoms in total. The van der Waals surface area contributed by atoms with Gasteiger partial charge in [0.15, 0.2) is 0 Å². The Balaban J connectivity index is 3.32. The average molecular weight is 343 g/mol. The fourth-order valence-electron chi connectivity index (χ4n) is 2.78. The van der Waals surface area contributed by atoms with Gasteiger partial charge in [-0.05, 0) is 38.5 Å². The van der Waals surface area contributed by atoms with E-state index < -0.39 is 5.97 Å². The van der Waals surface area contributed by atoms with Gasteiger partial charge in [0.25, 0.3) is 0 Å². The smallest absolute Gasteiger partial charge is 0.303 e. The zero-order chi connectivity index (χ0) is 18.0. The molecular formula is C20H38O4. The third-order valence-electron chi connectivity index (χ3n) is 4.32. The van der Waals surface area contributed by atoms with Crippen LogP contribution in [0, 0.1) is 0 Å². The molecule has 0 radical (unpaired) electrons. The zero-order valence-corrected chi connectivity index (χ0v) is 15.5. The van der Waals surface area contributed by atoms with E-state index in [1.165, 1.54) is 19.3 Å². The highest BCUT2D eigenvalue weighted by molar-refractivity contribution is 5.66. The van der Waals surface area contributed by atoms with E-state index in [1.807, 2.05) is 6.08 Å². The van der Waals surface area contributed by atoms with Gasteiger partial charge >= 0.3 is 5.97 Å². The minimum Gasteiger partial charge on any atom is -0.481 e. The van der Waals surface area contributed by atoms with Crippen LogP contribution in [0.4, 0.5) is 0 Å². The fraction of sp³-hybridized carbons (Fsp3) is 0.850. The molecule has 0 aliphatic rings. The Kier molecular flexibility index (Phi) is 16.4. The van der Waals surface area contributed by atoms with Crippen molar-refractivity contribution in [3.05, 3.63) is 12.2 Å². The number of hydrogen-bond acceptors (Lipinski definition) is 3. The molecule has 0 aliphatic carbocycles. The molecule has 0 saturated heterocycles. The second-order valence-corrected chi connectivity index (χ2v) is 6.76. The molecule has 0 heterocycles. The number of aliphatic carboxylic acids is 1. The van der Waals surface area contributed by atoms with Crippen LogP contribution in [0.5, 0.6) is 0 Å². The Morgan fingerprint density at radius 2 is 1.33 bits per heavy atom. The Morgan fingerprint density at radius 1 is 0.792 bits per heavy atom. The molecule has 0 spiro atoms. The Hall–Kier alpha value is -0.870. The maximum Gasteiger partial charge on any atom is 0.303 e. The van der Waals surface area contributed by atoms with E-state index in [0.29, 0.717) is 25.7 Å². The maximum absolute atomic E-state index is 10.4. The van der Waals surface area contributed by atoms with E-state index in [0.717, 1.165) is 44.9 Å². The van der Waals surface area contributed by atoms with Crippen molar-refractivity contribution in [2.45, 2.75) is 109 Å². The molecular weight excluding hydrogens is 304 g/mol. The van der Waals surface area contributed by atoms with Gasteiger partial charge in [0.1, 0.15) is 0 Å². The van der Waals surface area contributed by atoms with E-state index in [4.69, 9.17) is 5.11 Å². The Morgan fingerprint density at radius 3 is 1.92 bits per heavy atom. The standard InChI is InChI=1S/C20H38O4/c1-2-3-10-13-18(21)16-17-19(22)14-11-8-6-4-5-7-9-12-15-20(23)24/h3,10,18-19,21-22H,2,4-9,11-17H2,1H3,(H,23,24). The van der Waals surface area contributed by atoms with Crippen LogP contribution in [0.1, 0.15) is 96.8 Å². The summed E-state index contributed by atoms with van der Waals surface area (Å²) >= 11 is 0. The lowest BCUT2D eigenvalue weighted by molar-refractivity contribution is -0.137. The summed E-state index contributed by atoms with van der Waals surface area (Å²) in [5.74, 6) is -0.696. The summed E-state index contributed by atoms with van der Waals surface area (Å²) in [5.41, 5.74) is 0. The SMILES string of the molecule is CCC=CCC(O)CCC(O)CCCCCCCCCCC(=O)O. The van der Waals surface area contributed by atoms with Gasteiger partial charge in [0.05, 0.1) is 12.2 Å². The molecule has 24 heavy (non-hydrogen) atoms. The van der Waals surface area contributed by atoms with Crippen LogP contribution < -0.4 is 0 Å². The van der Waals surface area contributed by atoms with Gasteiger partial charge in [-0.25, -0.2) is 0 Å². The van der Waals surface area contributed by atoms with Crippen molar-refractivity contribution in [3.8, 4) is 0 Å². The Labute approximate surface area is 148 Å². The highest BCUT2D eigenvalue weighted by atomic mass is 16.4. The topological polar surface area (TPSA) is 77.8 Å². The normalized spacial score (nSPS) is 14.1. The van der Waals surface area contributed by atoms with Crippen molar-refractivity contribution in [1.82, 2.24) is 0 Å². The van der Waals surface area contributed by atoms with Gasteiger partial charge in [-0.15, -0.1) is 0 Å². The molecule has 0 rings (SSSR count). The van der Waals surface area contributed by atoms with Crippen LogP contribution in [-0.4, -0.2) is 33.5 Å². The third-order valence-corrected chi connectivity index (χ3v) is 4.32. The number of aliphatic hydroxyl groups excluding tert-OH is 2. The van der Waals surface area contributed by atoms with E-state index in [-0.39, 0.29) is 12.2 Å². The molecule has 3 N–H and O–H groups in total. The third kappa shape index (κ3) is 17.5. The van der Waals surface area contributed by atoms with Crippen molar-refractivity contribution in [3.63, 3.8) is 0 Å². The van der Waals surface area contributed by atoms with E-state index in [9.17, 15) is 15.0 Å². The Bertz CT molecular complexity index is 315. The molecule has 0 bridgehead atoms. The van der Waals surface area contributed by atoms with Crippen molar-refractivity contribution < 1.29 is 20.1 Å². The first-order valence-corrected chi connectivity index (χ1v) is 9.79. The van der Waals surface area contributed by atoms with Gasteiger partial charge in [0, 0.05) is 6.42 Å². The van der Waals surface area contributed by atoms with Gasteiger partial charge in [-0.1, -0.05) is 64.0 Å².